The molecule has 0 spiro atoms. The molecule has 0 radical (unpaired) electrons. The third kappa shape index (κ3) is 3.57. The van der Waals surface area contributed by atoms with E-state index in [0.717, 1.165) is 32.2 Å². The lowest BCUT2D eigenvalue weighted by Gasteiger charge is -2.48. The second-order valence-electron chi connectivity index (χ2n) is 9.89. The van der Waals surface area contributed by atoms with E-state index in [1.807, 2.05) is 12.1 Å². The Balaban J connectivity index is 1.56. The molecule has 4 aliphatic rings. The first-order valence-corrected chi connectivity index (χ1v) is 11.9. The predicted octanol–water partition coefficient (Wildman–Crippen LogP) is 1.84. The van der Waals surface area contributed by atoms with E-state index in [1.165, 1.54) is 0 Å². The third-order valence-corrected chi connectivity index (χ3v) is 7.94. The number of nitrogens with two attached hydrogens (primary N) is 1. The van der Waals surface area contributed by atoms with Crippen molar-refractivity contribution in [2.24, 2.45) is 23.5 Å². The smallest absolute Gasteiger partial charge is 0.253 e. The van der Waals surface area contributed by atoms with Crippen LogP contribution in [-0.2, 0) is 27.3 Å². The summed E-state index contributed by atoms with van der Waals surface area (Å²) in [6, 6.07) is 3.73. The molecule has 1 fully saturated rings. The molecule has 186 valence electrons. The van der Waals surface area contributed by atoms with Crippen LogP contribution >= 0.6 is 0 Å². The normalized spacial score (nSPS) is 30.7. The van der Waals surface area contributed by atoms with Crippen LogP contribution in [0.5, 0.6) is 5.75 Å². The van der Waals surface area contributed by atoms with Gasteiger partial charge in [0.05, 0.1) is 11.5 Å². The molecule has 1 aliphatic heterocycles. The zero-order valence-electron chi connectivity index (χ0n) is 19.5. The molecule has 1 amide bonds. The second-order valence-corrected chi connectivity index (χ2v) is 9.89. The van der Waals surface area contributed by atoms with Crippen molar-refractivity contribution in [3.05, 3.63) is 57.9 Å². The Labute approximate surface area is 202 Å². The molecule has 0 saturated heterocycles. The van der Waals surface area contributed by atoms with Crippen LogP contribution in [0.2, 0.25) is 0 Å². The zero-order valence-corrected chi connectivity index (χ0v) is 19.5. The Morgan fingerprint density at radius 3 is 2.66 bits per heavy atom. The van der Waals surface area contributed by atoms with E-state index in [0.29, 0.717) is 24.9 Å². The van der Waals surface area contributed by atoms with Crippen LogP contribution in [0.25, 0.3) is 5.76 Å². The standard InChI is InChI=1S/C26H30N2O7/c1-35-26(34)20-16(11-17(29)21(26)25(27)33)10-15-9-13-5-6-14(12-28-7-3-2-4-8-28)22(30)18(13)23(31)19(15)24(20)32/h2-3,5-6,15-16,20,29-31,34H,4,7-12H2,1H3,(H2,27,33). The molecule has 1 aromatic carbocycles. The Morgan fingerprint density at radius 1 is 1.23 bits per heavy atom. The van der Waals surface area contributed by atoms with Gasteiger partial charge in [-0.3, -0.25) is 14.5 Å². The molecule has 1 heterocycles. The lowest BCUT2D eigenvalue weighted by molar-refractivity contribution is -0.213. The van der Waals surface area contributed by atoms with Gasteiger partial charge in [0.2, 0.25) is 5.79 Å². The van der Waals surface area contributed by atoms with Crippen LogP contribution in [0.3, 0.4) is 0 Å². The summed E-state index contributed by atoms with van der Waals surface area (Å²) in [5.74, 6) is -6.94. The van der Waals surface area contributed by atoms with Gasteiger partial charge in [-0.25, -0.2) is 0 Å². The minimum absolute atomic E-state index is 0.00772. The number of Topliss-reactive ketones (excluding diaryl/α,β-unsaturated/α-hetero) is 1. The number of methoxy groups -OCH3 is 1. The molecule has 6 N–H and O–H groups in total. The highest BCUT2D eigenvalue weighted by Gasteiger charge is 2.59. The number of allylic oxidation sites excluding steroid dienone is 2. The van der Waals surface area contributed by atoms with Gasteiger partial charge in [0.15, 0.2) is 5.78 Å². The molecular weight excluding hydrogens is 452 g/mol. The van der Waals surface area contributed by atoms with E-state index in [2.05, 4.69) is 17.1 Å². The molecule has 4 unspecified atom stereocenters. The van der Waals surface area contributed by atoms with Gasteiger partial charge in [0, 0.05) is 44.3 Å². The summed E-state index contributed by atoms with van der Waals surface area (Å²) in [4.78, 5) is 28.0. The first kappa shape index (κ1) is 23.6. The summed E-state index contributed by atoms with van der Waals surface area (Å²) in [6.07, 6.45) is 5.91. The summed E-state index contributed by atoms with van der Waals surface area (Å²) >= 11 is 0. The summed E-state index contributed by atoms with van der Waals surface area (Å²) < 4.78 is 5.23. The Morgan fingerprint density at radius 2 is 2.00 bits per heavy atom. The fraction of sp³-hybridized carbons (Fsp3) is 0.462. The number of ketones is 1. The lowest BCUT2D eigenvalue weighted by atomic mass is 9.59. The Hall–Kier alpha value is -3.14. The minimum atomic E-state index is -2.42. The van der Waals surface area contributed by atoms with Crippen LogP contribution in [0, 0.1) is 17.8 Å². The van der Waals surface area contributed by atoms with E-state index in [9.17, 15) is 30.0 Å². The van der Waals surface area contributed by atoms with Gasteiger partial charge in [0.1, 0.15) is 22.8 Å². The number of ether oxygens (including phenoxy) is 1. The molecule has 3 aliphatic carbocycles. The molecule has 1 aromatic rings. The first-order chi connectivity index (χ1) is 16.7. The number of aromatic hydroxyl groups is 1. The highest BCUT2D eigenvalue weighted by molar-refractivity contribution is 6.07. The van der Waals surface area contributed by atoms with Crippen molar-refractivity contribution in [2.45, 2.75) is 38.0 Å². The number of hydrogen-bond acceptors (Lipinski definition) is 8. The molecule has 9 heteroatoms. The largest absolute Gasteiger partial charge is 0.512 e. The van der Waals surface area contributed by atoms with E-state index >= 15 is 0 Å². The average molecular weight is 483 g/mol. The van der Waals surface area contributed by atoms with Gasteiger partial charge in [-0.2, -0.15) is 0 Å². The van der Waals surface area contributed by atoms with Crippen LogP contribution in [0.1, 0.15) is 36.0 Å². The number of aliphatic hydroxyl groups excluding tert-OH is 2. The van der Waals surface area contributed by atoms with Crippen molar-refractivity contribution in [2.75, 3.05) is 20.2 Å². The van der Waals surface area contributed by atoms with Crippen molar-refractivity contribution in [3.8, 4) is 5.75 Å². The number of primary amides is 1. The molecular formula is C26H30N2O7. The quantitative estimate of drug-likeness (QED) is 0.322. The summed E-state index contributed by atoms with van der Waals surface area (Å²) in [6.45, 7) is 2.14. The molecule has 0 aromatic heterocycles. The van der Waals surface area contributed by atoms with E-state index in [-0.39, 0.29) is 35.0 Å². The average Bonchev–Trinajstić information content (AvgIpc) is 2.80. The van der Waals surface area contributed by atoms with Crippen molar-refractivity contribution in [1.82, 2.24) is 4.90 Å². The highest BCUT2D eigenvalue weighted by Crippen LogP contribution is 2.53. The summed E-state index contributed by atoms with van der Waals surface area (Å²) in [5.41, 5.74) is 6.59. The number of phenols is 1. The predicted molar refractivity (Wildman–Crippen MR) is 126 cm³/mol. The van der Waals surface area contributed by atoms with Crippen molar-refractivity contribution in [1.29, 1.82) is 0 Å². The van der Waals surface area contributed by atoms with Gasteiger partial charge in [0.25, 0.3) is 5.91 Å². The Kier molecular flexibility index (Phi) is 5.74. The maximum absolute atomic E-state index is 13.8. The summed E-state index contributed by atoms with van der Waals surface area (Å²) in [7, 11) is 1.14. The van der Waals surface area contributed by atoms with Gasteiger partial charge >= 0.3 is 0 Å². The molecule has 9 nitrogen and oxygen atoms in total. The number of hydrogen-bond donors (Lipinski definition) is 5. The number of carbonyl (C=O) groups excluding carboxylic acids is 2. The first-order valence-electron chi connectivity index (χ1n) is 11.9. The van der Waals surface area contributed by atoms with Crippen LogP contribution in [0.4, 0.5) is 0 Å². The molecule has 4 atom stereocenters. The number of amides is 1. The number of aliphatic hydroxyl groups is 3. The highest BCUT2D eigenvalue weighted by atomic mass is 16.6. The van der Waals surface area contributed by atoms with Gasteiger partial charge in [-0.05, 0) is 36.7 Å². The maximum Gasteiger partial charge on any atom is 0.253 e. The van der Waals surface area contributed by atoms with Crippen LogP contribution in [-0.4, -0.2) is 63.0 Å². The number of fused-ring (bicyclic) bond motifs is 3. The fourth-order valence-corrected chi connectivity index (χ4v) is 6.37. The van der Waals surface area contributed by atoms with Crippen molar-refractivity contribution in [3.63, 3.8) is 0 Å². The molecule has 35 heavy (non-hydrogen) atoms. The van der Waals surface area contributed by atoms with Crippen molar-refractivity contribution >= 4 is 17.4 Å². The van der Waals surface area contributed by atoms with Crippen LogP contribution in [0.15, 0.2) is 41.2 Å². The number of benzene rings is 1. The summed E-state index contributed by atoms with van der Waals surface area (Å²) in [5, 5.41) is 44.2. The lowest BCUT2D eigenvalue weighted by Crippen LogP contribution is -2.58. The van der Waals surface area contributed by atoms with Gasteiger partial charge < -0.3 is 30.9 Å². The third-order valence-electron chi connectivity index (χ3n) is 7.94. The van der Waals surface area contributed by atoms with Crippen LogP contribution < -0.4 is 5.73 Å². The van der Waals surface area contributed by atoms with E-state index in [1.54, 1.807) is 0 Å². The monoisotopic (exact) mass is 482 g/mol. The minimum Gasteiger partial charge on any atom is -0.512 e. The second kappa shape index (κ2) is 8.51. The molecule has 1 saturated carbocycles. The SMILES string of the molecule is COC1(O)C(C(N)=O)=C(O)CC2CC3Cc4ccc(CN5CC=CCC5)c(O)c4C(O)=C3C(=O)C21. The molecule has 5 rings (SSSR count). The van der Waals surface area contributed by atoms with E-state index < -0.39 is 40.6 Å². The number of rotatable bonds is 4. The fourth-order valence-electron chi connectivity index (χ4n) is 6.37. The number of carbonyl (C=O) groups is 2. The van der Waals surface area contributed by atoms with Crippen molar-refractivity contribution < 1.29 is 34.8 Å². The number of nitrogens with zero attached hydrogens (tertiary/aromatic N) is 1. The van der Waals surface area contributed by atoms with E-state index in [4.69, 9.17) is 10.5 Å². The number of phenolic OH excluding ortho intramolecular Hbond substituents is 1. The zero-order chi connectivity index (χ0) is 25.1. The Bertz CT molecular complexity index is 1200. The van der Waals surface area contributed by atoms with Gasteiger partial charge in [-0.1, -0.05) is 24.3 Å². The maximum atomic E-state index is 13.8. The topological polar surface area (TPSA) is 154 Å². The van der Waals surface area contributed by atoms with Gasteiger partial charge in [-0.15, -0.1) is 0 Å². The molecule has 0 bridgehead atoms.